The molecule has 2 N–H and O–H groups in total. The SMILES string of the molecule is C[C@H](Nc1cc(-c2cnn3cccnc23)nc(OCCOCCN2CCNCC2)n1)c1ccc(F)cc1F. The Morgan fingerprint density at radius 1 is 1.11 bits per heavy atom. The van der Waals surface area contributed by atoms with Gasteiger partial charge in [-0.1, -0.05) is 6.07 Å². The Hall–Kier alpha value is -3.74. The summed E-state index contributed by atoms with van der Waals surface area (Å²) in [7, 11) is 0. The molecular formula is C26H30F2N8O2. The predicted molar refractivity (Wildman–Crippen MR) is 138 cm³/mol. The Bertz CT molecular complexity index is 1360. The minimum absolute atomic E-state index is 0.137. The van der Waals surface area contributed by atoms with Gasteiger partial charge in [0.2, 0.25) is 0 Å². The summed E-state index contributed by atoms with van der Waals surface area (Å²) in [5.41, 5.74) is 2.16. The van der Waals surface area contributed by atoms with Crippen molar-refractivity contribution in [3.05, 3.63) is 66.1 Å². The molecule has 38 heavy (non-hydrogen) atoms. The zero-order chi connectivity index (χ0) is 26.3. The van der Waals surface area contributed by atoms with Gasteiger partial charge in [0.05, 0.1) is 36.7 Å². The number of anilines is 1. The molecule has 1 atom stereocenters. The second-order valence-corrected chi connectivity index (χ2v) is 8.95. The molecule has 0 amide bonds. The van der Waals surface area contributed by atoms with Crippen LogP contribution >= 0.6 is 0 Å². The van der Waals surface area contributed by atoms with Crippen molar-refractivity contribution in [2.75, 3.05) is 57.9 Å². The second kappa shape index (κ2) is 12.2. The third kappa shape index (κ3) is 6.39. The molecule has 4 heterocycles. The van der Waals surface area contributed by atoms with Crippen LogP contribution in [-0.2, 0) is 4.74 Å². The first-order valence-electron chi connectivity index (χ1n) is 12.6. The van der Waals surface area contributed by atoms with E-state index in [0.29, 0.717) is 41.5 Å². The number of hydrogen-bond donors (Lipinski definition) is 2. The minimum atomic E-state index is -0.638. The number of aromatic nitrogens is 5. The molecule has 0 aliphatic carbocycles. The first-order chi connectivity index (χ1) is 18.6. The highest BCUT2D eigenvalue weighted by Gasteiger charge is 2.17. The summed E-state index contributed by atoms with van der Waals surface area (Å²) in [6, 6.07) is 6.64. The van der Waals surface area contributed by atoms with Crippen molar-refractivity contribution in [1.29, 1.82) is 0 Å². The van der Waals surface area contributed by atoms with Gasteiger partial charge in [-0.25, -0.2) is 18.3 Å². The summed E-state index contributed by atoms with van der Waals surface area (Å²) in [5, 5.41) is 10.8. The number of rotatable bonds is 11. The molecule has 0 bridgehead atoms. The number of halogens is 2. The van der Waals surface area contributed by atoms with E-state index in [1.54, 1.807) is 42.2 Å². The lowest BCUT2D eigenvalue weighted by atomic mass is 10.1. The fourth-order valence-corrected chi connectivity index (χ4v) is 4.28. The number of fused-ring (bicyclic) bond motifs is 1. The molecule has 0 radical (unpaired) electrons. The van der Waals surface area contributed by atoms with E-state index < -0.39 is 17.7 Å². The van der Waals surface area contributed by atoms with Crippen LogP contribution in [0.3, 0.4) is 0 Å². The Labute approximate surface area is 219 Å². The van der Waals surface area contributed by atoms with Gasteiger partial charge in [0, 0.05) is 62.8 Å². The minimum Gasteiger partial charge on any atom is -0.461 e. The summed E-state index contributed by atoms with van der Waals surface area (Å²) in [4.78, 5) is 15.8. The lowest BCUT2D eigenvalue weighted by Crippen LogP contribution is -2.44. The van der Waals surface area contributed by atoms with Crippen LogP contribution in [-0.4, -0.2) is 82.0 Å². The van der Waals surface area contributed by atoms with E-state index in [4.69, 9.17) is 9.47 Å². The predicted octanol–water partition coefficient (Wildman–Crippen LogP) is 2.94. The molecule has 1 saturated heterocycles. The van der Waals surface area contributed by atoms with Gasteiger partial charge in [0.1, 0.15) is 24.1 Å². The lowest BCUT2D eigenvalue weighted by Gasteiger charge is -2.26. The molecule has 10 nitrogen and oxygen atoms in total. The largest absolute Gasteiger partial charge is 0.461 e. The number of nitrogens with one attached hydrogen (secondary N) is 2. The van der Waals surface area contributed by atoms with Crippen molar-refractivity contribution >= 4 is 11.5 Å². The average Bonchev–Trinajstić information content (AvgIpc) is 3.35. The monoisotopic (exact) mass is 524 g/mol. The third-order valence-corrected chi connectivity index (χ3v) is 6.27. The van der Waals surface area contributed by atoms with Gasteiger partial charge >= 0.3 is 6.01 Å². The fraction of sp³-hybridized carbons (Fsp3) is 0.385. The fourth-order valence-electron chi connectivity index (χ4n) is 4.28. The van der Waals surface area contributed by atoms with E-state index in [-0.39, 0.29) is 12.6 Å². The highest BCUT2D eigenvalue weighted by molar-refractivity contribution is 5.75. The number of ether oxygens (including phenoxy) is 2. The maximum atomic E-state index is 14.4. The van der Waals surface area contributed by atoms with Crippen LogP contribution in [0.25, 0.3) is 16.9 Å². The third-order valence-electron chi connectivity index (χ3n) is 6.27. The zero-order valence-corrected chi connectivity index (χ0v) is 21.1. The maximum absolute atomic E-state index is 14.4. The molecule has 5 rings (SSSR count). The Morgan fingerprint density at radius 2 is 1.97 bits per heavy atom. The van der Waals surface area contributed by atoms with Crippen molar-refractivity contribution in [1.82, 2.24) is 34.8 Å². The highest BCUT2D eigenvalue weighted by atomic mass is 19.1. The molecule has 200 valence electrons. The van der Waals surface area contributed by atoms with Crippen molar-refractivity contribution in [3.8, 4) is 17.3 Å². The second-order valence-electron chi connectivity index (χ2n) is 8.95. The smallest absolute Gasteiger partial charge is 0.319 e. The Kier molecular flexibility index (Phi) is 8.31. The number of nitrogens with zero attached hydrogens (tertiary/aromatic N) is 6. The first-order valence-corrected chi connectivity index (χ1v) is 12.6. The summed E-state index contributed by atoms with van der Waals surface area (Å²) in [6.45, 7) is 7.96. The van der Waals surface area contributed by atoms with Crippen molar-refractivity contribution in [2.45, 2.75) is 13.0 Å². The van der Waals surface area contributed by atoms with Crippen LogP contribution in [0, 0.1) is 11.6 Å². The zero-order valence-electron chi connectivity index (χ0n) is 21.1. The molecule has 4 aromatic rings. The van der Waals surface area contributed by atoms with Crippen molar-refractivity contribution in [2.24, 2.45) is 0 Å². The van der Waals surface area contributed by atoms with Gasteiger partial charge in [0.25, 0.3) is 0 Å². The van der Waals surface area contributed by atoms with Gasteiger partial charge in [-0.2, -0.15) is 15.1 Å². The summed E-state index contributed by atoms with van der Waals surface area (Å²) < 4.78 is 41.0. The Balaban J connectivity index is 1.29. The van der Waals surface area contributed by atoms with E-state index in [2.05, 4.69) is 35.6 Å². The average molecular weight is 525 g/mol. The first kappa shape index (κ1) is 25.9. The standard InChI is InChI=1S/C26H30F2N8O2/c1-18(20-4-3-19(27)15-22(20)28)32-24-16-23(21-17-31-36-8-2-5-30-25(21)36)33-26(34-24)38-14-13-37-12-11-35-9-6-29-7-10-35/h2-5,8,15-18,29H,6-7,9-14H2,1H3,(H,32,33,34)/t18-/m0/s1. The maximum Gasteiger partial charge on any atom is 0.319 e. The molecule has 12 heteroatoms. The molecule has 3 aromatic heterocycles. The van der Waals surface area contributed by atoms with Crippen LogP contribution < -0.4 is 15.4 Å². The van der Waals surface area contributed by atoms with Crippen LogP contribution in [0.15, 0.2) is 48.9 Å². The Morgan fingerprint density at radius 3 is 2.82 bits per heavy atom. The van der Waals surface area contributed by atoms with E-state index in [9.17, 15) is 8.78 Å². The van der Waals surface area contributed by atoms with Gasteiger partial charge in [-0.15, -0.1) is 0 Å². The lowest BCUT2D eigenvalue weighted by molar-refractivity contribution is 0.0745. The van der Waals surface area contributed by atoms with Gasteiger partial charge < -0.3 is 20.1 Å². The molecule has 1 fully saturated rings. The summed E-state index contributed by atoms with van der Waals surface area (Å²) in [5.74, 6) is -0.856. The van der Waals surface area contributed by atoms with E-state index in [1.165, 1.54) is 12.1 Å². The van der Waals surface area contributed by atoms with Crippen molar-refractivity contribution < 1.29 is 18.3 Å². The molecule has 0 unspecified atom stereocenters. The van der Waals surface area contributed by atoms with Gasteiger partial charge in [-0.3, -0.25) is 4.90 Å². The summed E-state index contributed by atoms with van der Waals surface area (Å²) >= 11 is 0. The molecule has 0 spiro atoms. The number of piperazine rings is 1. The van der Waals surface area contributed by atoms with Crippen LogP contribution in [0.5, 0.6) is 6.01 Å². The van der Waals surface area contributed by atoms with Gasteiger partial charge in [-0.05, 0) is 19.1 Å². The molecular weight excluding hydrogens is 494 g/mol. The quantitative estimate of drug-likeness (QED) is 0.287. The number of benzene rings is 1. The highest BCUT2D eigenvalue weighted by Crippen LogP contribution is 2.28. The summed E-state index contributed by atoms with van der Waals surface area (Å²) in [6.07, 6.45) is 5.14. The number of hydrogen-bond acceptors (Lipinski definition) is 9. The molecule has 1 aliphatic heterocycles. The van der Waals surface area contributed by atoms with Crippen LogP contribution in [0.2, 0.25) is 0 Å². The van der Waals surface area contributed by atoms with E-state index in [0.717, 1.165) is 38.8 Å². The van der Waals surface area contributed by atoms with E-state index >= 15 is 0 Å². The van der Waals surface area contributed by atoms with E-state index in [1.807, 2.05) is 0 Å². The topological polar surface area (TPSA) is 102 Å². The van der Waals surface area contributed by atoms with Crippen LogP contribution in [0.1, 0.15) is 18.5 Å². The van der Waals surface area contributed by atoms with Gasteiger partial charge in [0.15, 0.2) is 5.65 Å². The van der Waals surface area contributed by atoms with Crippen molar-refractivity contribution in [3.63, 3.8) is 0 Å². The molecule has 1 aliphatic rings. The molecule has 0 saturated carbocycles. The van der Waals surface area contributed by atoms with Crippen LogP contribution in [0.4, 0.5) is 14.6 Å². The molecule has 1 aromatic carbocycles. The normalized spacial score (nSPS) is 15.0.